The van der Waals surface area contributed by atoms with Crippen molar-refractivity contribution in [2.24, 2.45) is 0 Å². The number of ether oxygens (including phenoxy) is 1. The van der Waals surface area contributed by atoms with E-state index < -0.39 is 0 Å². The number of anilines is 1. The molecule has 0 spiro atoms. The van der Waals surface area contributed by atoms with Gasteiger partial charge >= 0.3 is 0 Å². The van der Waals surface area contributed by atoms with E-state index in [-0.39, 0.29) is 10.6 Å². The summed E-state index contributed by atoms with van der Waals surface area (Å²) in [4.78, 5) is 12.9. The molecular weight excluding hydrogens is 270 g/mol. The van der Waals surface area contributed by atoms with E-state index in [2.05, 4.69) is 17.3 Å². The normalized spacial score (nSPS) is 18.7. The molecule has 1 atom stereocenters. The fourth-order valence-electron chi connectivity index (χ4n) is 2.75. The zero-order valence-corrected chi connectivity index (χ0v) is 12.7. The van der Waals surface area contributed by atoms with Crippen molar-refractivity contribution in [3.63, 3.8) is 0 Å². The van der Waals surface area contributed by atoms with Crippen LogP contribution in [0, 0.1) is 10.1 Å². The Morgan fingerprint density at radius 2 is 2.33 bits per heavy atom. The van der Waals surface area contributed by atoms with Gasteiger partial charge in [0.1, 0.15) is 11.4 Å². The van der Waals surface area contributed by atoms with Crippen LogP contribution in [0.4, 0.5) is 11.4 Å². The predicted octanol–water partition coefficient (Wildman–Crippen LogP) is 2.89. The lowest BCUT2D eigenvalue weighted by molar-refractivity contribution is -0.384. The molecule has 0 bridgehead atoms. The Balaban J connectivity index is 1.93. The lowest BCUT2D eigenvalue weighted by atomic mass is 10.1. The van der Waals surface area contributed by atoms with Crippen molar-refractivity contribution in [2.45, 2.75) is 32.2 Å². The first-order valence-corrected chi connectivity index (χ1v) is 7.47. The van der Waals surface area contributed by atoms with Crippen LogP contribution in [0.5, 0.6) is 5.75 Å². The van der Waals surface area contributed by atoms with Gasteiger partial charge in [0.15, 0.2) is 0 Å². The van der Waals surface area contributed by atoms with Gasteiger partial charge in [-0.2, -0.15) is 0 Å². The van der Waals surface area contributed by atoms with Crippen LogP contribution in [-0.2, 0) is 0 Å². The first-order chi connectivity index (χ1) is 10.1. The molecule has 1 N–H and O–H groups in total. The maximum atomic E-state index is 11.0. The maximum Gasteiger partial charge on any atom is 0.292 e. The zero-order chi connectivity index (χ0) is 15.2. The van der Waals surface area contributed by atoms with Gasteiger partial charge < -0.3 is 15.0 Å². The first kappa shape index (κ1) is 15.6. The molecule has 1 aromatic carbocycles. The molecule has 0 aliphatic carbocycles. The largest absolute Gasteiger partial charge is 0.493 e. The first-order valence-electron chi connectivity index (χ1n) is 7.47. The molecular formula is C15H23N3O3. The highest BCUT2D eigenvalue weighted by molar-refractivity contribution is 5.64. The predicted molar refractivity (Wildman–Crippen MR) is 83.0 cm³/mol. The molecule has 0 unspecified atom stereocenters. The van der Waals surface area contributed by atoms with Crippen LogP contribution in [0.25, 0.3) is 0 Å². The van der Waals surface area contributed by atoms with Crippen molar-refractivity contribution in [1.82, 2.24) is 4.90 Å². The molecule has 1 fully saturated rings. The minimum Gasteiger partial charge on any atom is -0.493 e. The quantitative estimate of drug-likeness (QED) is 0.618. The summed E-state index contributed by atoms with van der Waals surface area (Å²) in [5, 5.41) is 14.0. The molecule has 0 saturated carbocycles. The van der Waals surface area contributed by atoms with E-state index in [1.807, 2.05) is 6.92 Å². The lowest BCUT2D eigenvalue weighted by Crippen LogP contribution is -2.26. The summed E-state index contributed by atoms with van der Waals surface area (Å²) < 4.78 is 5.75. The van der Waals surface area contributed by atoms with Gasteiger partial charge in [-0.3, -0.25) is 10.1 Å². The topological polar surface area (TPSA) is 67.6 Å². The summed E-state index contributed by atoms with van der Waals surface area (Å²) in [5.74, 6) is 0.678. The number of rotatable bonds is 7. The second-order valence-electron chi connectivity index (χ2n) is 5.38. The monoisotopic (exact) mass is 293 g/mol. The molecule has 0 aromatic heterocycles. The minimum absolute atomic E-state index is 0.0831. The van der Waals surface area contributed by atoms with Gasteiger partial charge in [0.25, 0.3) is 5.69 Å². The SMILES string of the molecule is CCNc1cc(OCC[C@@H]2CCCN2C)ccc1[N+](=O)[O-]. The Morgan fingerprint density at radius 1 is 1.52 bits per heavy atom. The highest BCUT2D eigenvalue weighted by Crippen LogP contribution is 2.29. The lowest BCUT2D eigenvalue weighted by Gasteiger charge is -2.19. The zero-order valence-electron chi connectivity index (χ0n) is 12.7. The number of nitrogens with zero attached hydrogens (tertiary/aromatic N) is 2. The van der Waals surface area contributed by atoms with E-state index in [1.165, 1.54) is 18.9 Å². The second-order valence-corrected chi connectivity index (χ2v) is 5.38. The van der Waals surface area contributed by atoms with E-state index in [0.717, 1.165) is 13.0 Å². The summed E-state index contributed by atoms with van der Waals surface area (Å²) in [5.41, 5.74) is 0.595. The van der Waals surface area contributed by atoms with Crippen LogP contribution in [-0.4, -0.2) is 42.6 Å². The Labute approximate surface area is 125 Å². The fraction of sp³-hybridized carbons (Fsp3) is 0.600. The molecule has 1 heterocycles. The van der Waals surface area contributed by atoms with Crippen molar-refractivity contribution >= 4 is 11.4 Å². The molecule has 6 nitrogen and oxygen atoms in total. The number of hydrogen-bond acceptors (Lipinski definition) is 5. The average molecular weight is 293 g/mol. The van der Waals surface area contributed by atoms with Crippen molar-refractivity contribution in [3.05, 3.63) is 28.3 Å². The number of likely N-dealkylation sites (tertiary alicyclic amines) is 1. The van der Waals surface area contributed by atoms with E-state index in [9.17, 15) is 10.1 Å². The Bertz CT molecular complexity index is 493. The molecule has 1 aliphatic rings. The number of hydrogen-bond donors (Lipinski definition) is 1. The summed E-state index contributed by atoms with van der Waals surface area (Å²) in [6.07, 6.45) is 3.47. The summed E-state index contributed by atoms with van der Waals surface area (Å²) >= 11 is 0. The molecule has 1 aromatic rings. The number of nitro benzene ring substituents is 1. The summed E-state index contributed by atoms with van der Waals surface area (Å²) in [6.45, 7) is 4.34. The smallest absolute Gasteiger partial charge is 0.292 e. The number of nitrogens with one attached hydrogen (secondary N) is 1. The number of nitro groups is 1. The van der Waals surface area contributed by atoms with Crippen LogP contribution in [0.3, 0.4) is 0 Å². The Hall–Kier alpha value is -1.82. The molecule has 21 heavy (non-hydrogen) atoms. The van der Waals surface area contributed by atoms with Gasteiger partial charge in [0, 0.05) is 24.7 Å². The third kappa shape index (κ3) is 4.07. The van der Waals surface area contributed by atoms with Crippen LogP contribution >= 0.6 is 0 Å². The van der Waals surface area contributed by atoms with E-state index in [1.54, 1.807) is 12.1 Å². The van der Waals surface area contributed by atoms with Gasteiger partial charge in [-0.15, -0.1) is 0 Å². The van der Waals surface area contributed by atoms with Crippen molar-refractivity contribution in [2.75, 3.05) is 32.1 Å². The molecule has 0 amide bonds. The van der Waals surface area contributed by atoms with Gasteiger partial charge in [0.2, 0.25) is 0 Å². The Kier molecular flexibility index (Phi) is 5.38. The van der Waals surface area contributed by atoms with Crippen LogP contribution < -0.4 is 10.1 Å². The van der Waals surface area contributed by atoms with Gasteiger partial charge in [-0.1, -0.05) is 0 Å². The van der Waals surface area contributed by atoms with Crippen LogP contribution in [0.1, 0.15) is 26.2 Å². The minimum atomic E-state index is -0.380. The molecule has 1 aliphatic heterocycles. The third-order valence-electron chi connectivity index (χ3n) is 3.92. The molecule has 6 heteroatoms. The Morgan fingerprint density at radius 3 is 2.95 bits per heavy atom. The fourth-order valence-corrected chi connectivity index (χ4v) is 2.75. The molecule has 2 rings (SSSR count). The highest BCUT2D eigenvalue weighted by Gasteiger charge is 2.20. The third-order valence-corrected chi connectivity index (χ3v) is 3.92. The van der Waals surface area contributed by atoms with Gasteiger partial charge in [-0.25, -0.2) is 0 Å². The van der Waals surface area contributed by atoms with E-state index in [4.69, 9.17) is 4.74 Å². The van der Waals surface area contributed by atoms with Gasteiger partial charge in [0.05, 0.1) is 11.5 Å². The highest BCUT2D eigenvalue weighted by atomic mass is 16.6. The van der Waals surface area contributed by atoms with Crippen molar-refractivity contribution in [1.29, 1.82) is 0 Å². The maximum absolute atomic E-state index is 11.0. The van der Waals surface area contributed by atoms with E-state index in [0.29, 0.717) is 30.6 Å². The van der Waals surface area contributed by atoms with Gasteiger partial charge in [-0.05, 0) is 45.8 Å². The molecule has 1 saturated heterocycles. The molecule has 0 radical (unpaired) electrons. The van der Waals surface area contributed by atoms with Crippen molar-refractivity contribution < 1.29 is 9.66 Å². The second kappa shape index (κ2) is 7.26. The summed E-state index contributed by atoms with van der Waals surface area (Å²) in [6, 6.07) is 5.46. The van der Waals surface area contributed by atoms with Crippen LogP contribution in [0.15, 0.2) is 18.2 Å². The van der Waals surface area contributed by atoms with Crippen LogP contribution in [0.2, 0.25) is 0 Å². The molecule has 116 valence electrons. The van der Waals surface area contributed by atoms with Crippen molar-refractivity contribution in [3.8, 4) is 5.75 Å². The average Bonchev–Trinajstić information content (AvgIpc) is 2.85. The standard InChI is InChI=1S/C15H23N3O3/c1-3-16-14-11-13(6-7-15(14)18(19)20)21-10-8-12-5-4-9-17(12)2/h6-7,11-12,16H,3-5,8-10H2,1-2H3/t12-/m0/s1. The summed E-state index contributed by atoms with van der Waals surface area (Å²) in [7, 11) is 2.15. The number of benzene rings is 1. The van der Waals surface area contributed by atoms with E-state index >= 15 is 0 Å².